The first-order valence-corrected chi connectivity index (χ1v) is 5.19. The molecule has 0 unspecified atom stereocenters. The molecule has 4 heteroatoms. The molecule has 2 rings (SSSR count). The third kappa shape index (κ3) is 2.14. The zero-order valence-corrected chi connectivity index (χ0v) is 9.00. The molecule has 0 amide bonds. The van der Waals surface area contributed by atoms with Gasteiger partial charge in [0.15, 0.2) is 5.76 Å². The van der Waals surface area contributed by atoms with Crippen LogP contribution in [0.25, 0.3) is 11.3 Å². The predicted molar refractivity (Wildman–Crippen MR) is 59.2 cm³/mol. The number of ketones is 1. The van der Waals surface area contributed by atoms with Crippen molar-refractivity contribution in [2.75, 3.05) is 5.88 Å². The first-order chi connectivity index (χ1) is 7.70. The van der Waals surface area contributed by atoms with Crippen LogP contribution in [0.2, 0.25) is 0 Å². The molecular formula is C12H8ClFO2. The maximum atomic E-state index is 12.7. The molecule has 1 aromatic carbocycles. The van der Waals surface area contributed by atoms with E-state index in [2.05, 4.69) is 0 Å². The van der Waals surface area contributed by atoms with Gasteiger partial charge in [0.1, 0.15) is 11.6 Å². The molecule has 2 aromatic rings. The third-order valence-corrected chi connectivity index (χ3v) is 2.37. The highest BCUT2D eigenvalue weighted by Crippen LogP contribution is 2.22. The fourth-order valence-corrected chi connectivity index (χ4v) is 1.45. The molecular weight excluding hydrogens is 231 g/mol. The monoisotopic (exact) mass is 238 g/mol. The number of hydrogen-bond donors (Lipinski definition) is 0. The molecule has 0 bridgehead atoms. The summed E-state index contributed by atoms with van der Waals surface area (Å²) >= 11 is 5.40. The average Bonchev–Trinajstić information content (AvgIpc) is 2.78. The lowest BCUT2D eigenvalue weighted by Crippen LogP contribution is -1.96. The summed E-state index contributed by atoms with van der Waals surface area (Å²) in [4.78, 5) is 11.2. The molecule has 1 aromatic heterocycles. The van der Waals surface area contributed by atoms with Crippen LogP contribution in [0.5, 0.6) is 0 Å². The van der Waals surface area contributed by atoms with Gasteiger partial charge in [-0.2, -0.15) is 0 Å². The molecule has 0 radical (unpaired) electrons. The lowest BCUT2D eigenvalue weighted by Gasteiger charge is -1.96. The molecule has 1 heterocycles. The summed E-state index contributed by atoms with van der Waals surface area (Å²) in [5.41, 5.74) is 0.718. The van der Waals surface area contributed by atoms with Crippen LogP contribution in [0.1, 0.15) is 10.6 Å². The number of carbonyl (C=O) groups excluding carboxylic acids is 1. The van der Waals surface area contributed by atoms with E-state index in [0.717, 1.165) is 5.56 Å². The molecule has 0 spiro atoms. The van der Waals surface area contributed by atoms with Crippen molar-refractivity contribution in [3.63, 3.8) is 0 Å². The number of furan rings is 1. The summed E-state index contributed by atoms with van der Waals surface area (Å²) < 4.78 is 18.0. The Morgan fingerprint density at radius 3 is 2.50 bits per heavy atom. The standard InChI is InChI=1S/C12H8ClFO2/c13-7-10(15)12-6-5-11(16-12)8-1-3-9(14)4-2-8/h1-6H,7H2. The Hall–Kier alpha value is -1.61. The van der Waals surface area contributed by atoms with Gasteiger partial charge in [0.2, 0.25) is 5.78 Å². The minimum absolute atomic E-state index is 0.115. The van der Waals surface area contributed by atoms with E-state index in [1.807, 2.05) is 0 Å². The van der Waals surface area contributed by atoms with E-state index in [4.69, 9.17) is 16.0 Å². The van der Waals surface area contributed by atoms with Crippen LogP contribution >= 0.6 is 11.6 Å². The first kappa shape index (κ1) is 10.9. The number of alkyl halides is 1. The van der Waals surface area contributed by atoms with Crippen molar-refractivity contribution in [3.05, 3.63) is 48.0 Å². The third-order valence-electron chi connectivity index (χ3n) is 2.13. The fraction of sp³-hybridized carbons (Fsp3) is 0.0833. The first-order valence-electron chi connectivity index (χ1n) is 4.65. The Balaban J connectivity index is 2.31. The predicted octanol–water partition coefficient (Wildman–Crippen LogP) is 3.51. The van der Waals surface area contributed by atoms with Crippen LogP contribution in [0.3, 0.4) is 0 Å². The van der Waals surface area contributed by atoms with E-state index in [-0.39, 0.29) is 23.2 Å². The highest BCUT2D eigenvalue weighted by molar-refractivity contribution is 6.30. The second kappa shape index (κ2) is 4.49. The van der Waals surface area contributed by atoms with Gasteiger partial charge >= 0.3 is 0 Å². The van der Waals surface area contributed by atoms with Gasteiger partial charge in [0.05, 0.1) is 5.88 Å². The Kier molecular flexibility index (Phi) is 3.06. The molecule has 16 heavy (non-hydrogen) atoms. The Labute approximate surface area is 96.6 Å². The van der Waals surface area contributed by atoms with Gasteiger partial charge in [-0.25, -0.2) is 4.39 Å². The van der Waals surface area contributed by atoms with Gasteiger partial charge in [-0.05, 0) is 36.4 Å². The van der Waals surface area contributed by atoms with Gasteiger partial charge in [0.25, 0.3) is 0 Å². The lowest BCUT2D eigenvalue weighted by atomic mass is 10.2. The second-order valence-electron chi connectivity index (χ2n) is 3.23. The molecule has 0 aliphatic rings. The number of carbonyl (C=O) groups is 1. The van der Waals surface area contributed by atoms with Gasteiger partial charge in [-0.15, -0.1) is 11.6 Å². The average molecular weight is 239 g/mol. The zero-order chi connectivity index (χ0) is 11.5. The summed E-state index contributed by atoms with van der Waals surface area (Å²) in [5.74, 6) is 0.0429. The Morgan fingerprint density at radius 1 is 1.19 bits per heavy atom. The maximum absolute atomic E-state index is 12.7. The van der Waals surface area contributed by atoms with Crippen molar-refractivity contribution in [2.24, 2.45) is 0 Å². The van der Waals surface area contributed by atoms with E-state index in [1.165, 1.54) is 12.1 Å². The number of Topliss-reactive ketones (excluding diaryl/α,β-unsaturated/α-hetero) is 1. The number of halogens is 2. The van der Waals surface area contributed by atoms with Crippen molar-refractivity contribution in [2.45, 2.75) is 0 Å². The van der Waals surface area contributed by atoms with Crippen LogP contribution < -0.4 is 0 Å². The Bertz CT molecular complexity index is 502. The minimum Gasteiger partial charge on any atom is -0.453 e. The number of rotatable bonds is 3. The molecule has 82 valence electrons. The van der Waals surface area contributed by atoms with Crippen LogP contribution in [-0.4, -0.2) is 11.7 Å². The molecule has 0 saturated heterocycles. The van der Waals surface area contributed by atoms with Gasteiger partial charge in [-0.3, -0.25) is 4.79 Å². The zero-order valence-electron chi connectivity index (χ0n) is 8.24. The summed E-state index contributed by atoms with van der Waals surface area (Å²) in [6.45, 7) is 0. The van der Waals surface area contributed by atoms with Crippen LogP contribution in [-0.2, 0) is 0 Å². The molecule has 0 fully saturated rings. The summed E-state index contributed by atoms with van der Waals surface area (Å²) in [5, 5.41) is 0. The van der Waals surface area contributed by atoms with Crippen LogP contribution in [0.4, 0.5) is 4.39 Å². The smallest absolute Gasteiger partial charge is 0.212 e. The largest absolute Gasteiger partial charge is 0.453 e. The SMILES string of the molecule is O=C(CCl)c1ccc(-c2ccc(F)cc2)o1. The van der Waals surface area contributed by atoms with E-state index >= 15 is 0 Å². The topological polar surface area (TPSA) is 30.2 Å². The van der Waals surface area contributed by atoms with Crippen molar-refractivity contribution >= 4 is 17.4 Å². The van der Waals surface area contributed by atoms with Crippen molar-refractivity contribution in [3.8, 4) is 11.3 Å². The summed E-state index contributed by atoms with van der Waals surface area (Å²) in [6.07, 6.45) is 0. The summed E-state index contributed by atoms with van der Waals surface area (Å²) in [7, 11) is 0. The normalized spacial score (nSPS) is 10.4. The van der Waals surface area contributed by atoms with E-state index in [1.54, 1.807) is 24.3 Å². The molecule has 0 aliphatic carbocycles. The highest BCUT2D eigenvalue weighted by atomic mass is 35.5. The van der Waals surface area contributed by atoms with E-state index < -0.39 is 0 Å². The van der Waals surface area contributed by atoms with Gasteiger partial charge < -0.3 is 4.42 Å². The molecule has 0 atom stereocenters. The number of benzene rings is 1. The lowest BCUT2D eigenvalue weighted by molar-refractivity contribution is 0.0991. The van der Waals surface area contributed by atoms with Gasteiger partial charge in [-0.1, -0.05) is 0 Å². The fourth-order valence-electron chi connectivity index (χ4n) is 1.32. The van der Waals surface area contributed by atoms with Crippen molar-refractivity contribution in [1.82, 2.24) is 0 Å². The Morgan fingerprint density at radius 2 is 1.88 bits per heavy atom. The minimum atomic E-state index is -0.313. The van der Waals surface area contributed by atoms with E-state index in [0.29, 0.717) is 5.76 Å². The number of hydrogen-bond acceptors (Lipinski definition) is 2. The van der Waals surface area contributed by atoms with Gasteiger partial charge in [0, 0.05) is 5.56 Å². The van der Waals surface area contributed by atoms with E-state index in [9.17, 15) is 9.18 Å². The molecule has 0 aliphatic heterocycles. The highest BCUT2D eigenvalue weighted by Gasteiger charge is 2.10. The quantitative estimate of drug-likeness (QED) is 0.605. The molecule has 0 saturated carbocycles. The summed E-state index contributed by atoms with van der Waals surface area (Å²) in [6, 6.07) is 9.06. The maximum Gasteiger partial charge on any atom is 0.212 e. The second-order valence-corrected chi connectivity index (χ2v) is 3.49. The van der Waals surface area contributed by atoms with Crippen LogP contribution in [0, 0.1) is 5.82 Å². The molecule has 2 nitrogen and oxygen atoms in total. The molecule has 0 N–H and O–H groups in total. The van der Waals surface area contributed by atoms with Crippen molar-refractivity contribution in [1.29, 1.82) is 0 Å². The van der Waals surface area contributed by atoms with Crippen LogP contribution in [0.15, 0.2) is 40.8 Å². The van der Waals surface area contributed by atoms with Crippen molar-refractivity contribution < 1.29 is 13.6 Å².